The Morgan fingerprint density at radius 1 is 0.969 bits per heavy atom. The van der Waals surface area contributed by atoms with E-state index < -0.39 is 5.97 Å². The highest BCUT2D eigenvalue weighted by Gasteiger charge is 2.18. The molecule has 6 nitrogen and oxygen atoms in total. The van der Waals surface area contributed by atoms with E-state index in [0.717, 1.165) is 16.9 Å². The molecular formula is C24H18ClNO5S. The molecular weight excluding hydrogens is 450 g/mol. The van der Waals surface area contributed by atoms with Crippen molar-refractivity contribution in [3.63, 3.8) is 0 Å². The molecule has 4 rings (SSSR count). The van der Waals surface area contributed by atoms with Gasteiger partial charge < -0.3 is 14.2 Å². The molecule has 32 heavy (non-hydrogen) atoms. The van der Waals surface area contributed by atoms with Gasteiger partial charge in [-0.1, -0.05) is 29.8 Å². The van der Waals surface area contributed by atoms with E-state index >= 15 is 0 Å². The number of fused-ring (bicyclic) bond motifs is 1. The smallest absolute Gasteiger partial charge is 0.339 e. The Hall–Kier alpha value is -3.42. The number of hydrogen-bond donors (Lipinski definition) is 0. The molecule has 0 amide bonds. The number of halogens is 1. The first kappa shape index (κ1) is 21.8. The second-order valence-corrected chi connectivity index (χ2v) is 8.46. The molecule has 0 saturated heterocycles. The van der Waals surface area contributed by atoms with E-state index in [1.807, 2.05) is 24.3 Å². The molecule has 4 aromatic rings. The molecule has 162 valence electrons. The van der Waals surface area contributed by atoms with Crippen LogP contribution in [0.15, 0.2) is 60.7 Å². The number of hydrogen-bond acceptors (Lipinski definition) is 7. The number of benzene rings is 2. The van der Waals surface area contributed by atoms with Crippen LogP contribution in [0.1, 0.15) is 20.0 Å². The Balaban J connectivity index is 1.68. The van der Waals surface area contributed by atoms with E-state index in [2.05, 4.69) is 4.98 Å². The van der Waals surface area contributed by atoms with Gasteiger partial charge >= 0.3 is 5.97 Å². The molecule has 0 bridgehead atoms. The molecule has 0 radical (unpaired) electrons. The molecule has 0 unspecified atom stereocenters. The number of thiophene rings is 1. The summed E-state index contributed by atoms with van der Waals surface area (Å²) in [5.74, 6) is 0.211. The number of aromatic nitrogens is 1. The van der Waals surface area contributed by atoms with Gasteiger partial charge in [0.1, 0.15) is 0 Å². The number of nitrogens with zero attached hydrogens (tertiary/aromatic N) is 1. The lowest BCUT2D eigenvalue weighted by molar-refractivity contribution is 0.0478. The zero-order valence-electron chi connectivity index (χ0n) is 17.3. The van der Waals surface area contributed by atoms with Crippen LogP contribution in [-0.4, -0.2) is 37.6 Å². The molecule has 0 N–H and O–H groups in total. The summed E-state index contributed by atoms with van der Waals surface area (Å²) in [5.41, 5.74) is 2.25. The standard InChI is InChI=1S/C24H18ClNO5S/c1-29-20-8-7-14(11-21(20)30-2)18-12-16(15-5-3-4-6-17(15)26-18)24(28)31-13-19(27)22-9-10-23(25)32-22/h3-12H,13H2,1-2H3. The minimum absolute atomic E-state index is 0.311. The molecule has 2 heterocycles. The first-order chi connectivity index (χ1) is 15.5. The van der Waals surface area contributed by atoms with Crippen LogP contribution in [-0.2, 0) is 4.74 Å². The Morgan fingerprint density at radius 2 is 1.75 bits per heavy atom. The number of ether oxygens (including phenoxy) is 3. The molecule has 0 aliphatic rings. The van der Waals surface area contributed by atoms with Crippen LogP contribution >= 0.6 is 22.9 Å². The SMILES string of the molecule is COc1ccc(-c2cc(C(=O)OCC(=O)c3ccc(Cl)s3)c3ccccc3n2)cc1OC. The van der Waals surface area contributed by atoms with Gasteiger partial charge in [0.25, 0.3) is 0 Å². The molecule has 8 heteroatoms. The Labute approximate surface area is 193 Å². The van der Waals surface area contributed by atoms with Crippen LogP contribution in [0.2, 0.25) is 4.34 Å². The zero-order chi connectivity index (χ0) is 22.7. The first-order valence-corrected chi connectivity index (χ1v) is 10.8. The number of esters is 1. The number of rotatable bonds is 7. The zero-order valence-corrected chi connectivity index (χ0v) is 18.8. The number of para-hydroxylation sites is 1. The maximum Gasteiger partial charge on any atom is 0.339 e. The van der Waals surface area contributed by atoms with E-state index in [0.29, 0.717) is 42.9 Å². The molecule has 0 fully saturated rings. The summed E-state index contributed by atoms with van der Waals surface area (Å²) in [4.78, 5) is 30.4. The van der Waals surface area contributed by atoms with Crippen LogP contribution < -0.4 is 9.47 Å². The van der Waals surface area contributed by atoms with E-state index in [4.69, 9.17) is 25.8 Å². The third-order valence-corrected chi connectivity index (χ3v) is 6.07. The second kappa shape index (κ2) is 9.38. The highest BCUT2D eigenvalue weighted by atomic mass is 35.5. The Kier molecular flexibility index (Phi) is 6.39. The number of pyridine rings is 1. The molecule has 0 aliphatic heterocycles. The lowest BCUT2D eigenvalue weighted by Gasteiger charge is -2.12. The maximum absolute atomic E-state index is 12.9. The summed E-state index contributed by atoms with van der Waals surface area (Å²) < 4.78 is 16.5. The predicted octanol–water partition coefficient (Wildman–Crippen LogP) is 5.67. The summed E-state index contributed by atoms with van der Waals surface area (Å²) in [5, 5.41) is 0.633. The topological polar surface area (TPSA) is 74.7 Å². The van der Waals surface area contributed by atoms with Gasteiger partial charge in [0.05, 0.1) is 40.2 Å². The van der Waals surface area contributed by atoms with Gasteiger partial charge in [-0.05, 0) is 42.5 Å². The minimum atomic E-state index is -0.610. The average molecular weight is 468 g/mol. The lowest BCUT2D eigenvalue weighted by atomic mass is 10.0. The Morgan fingerprint density at radius 3 is 2.47 bits per heavy atom. The van der Waals surface area contributed by atoms with Crippen molar-refractivity contribution in [2.24, 2.45) is 0 Å². The van der Waals surface area contributed by atoms with Crippen LogP contribution in [0.5, 0.6) is 11.5 Å². The normalized spacial score (nSPS) is 10.7. The lowest BCUT2D eigenvalue weighted by Crippen LogP contribution is -2.14. The van der Waals surface area contributed by atoms with Crippen LogP contribution in [0.4, 0.5) is 0 Å². The molecule has 0 aliphatic carbocycles. The summed E-state index contributed by atoms with van der Waals surface area (Å²) in [7, 11) is 3.11. The Bertz CT molecular complexity index is 1320. The van der Waals surface area contributed by atoms with Gasteiger partial charge in [0.2, 0.25) is 5.78 Å². The van der Waals surface area contributed by atoms with Gasteiger partial charge in [-0.25, -0.2) is 9.78 Å². The summed E-state index contributed by atoms with van der Waals surface area (Å²) >= 11 is 7.02. The van der Waals surface area contributed by atoms with Crippen molar-refractivity contribution in [2.75, 3.05) is 20.8 Å². The van der Waals surface area contributed by atoms with Gasteiger partial charge in [0, 0.05) is 10.9 Å². The molecule has 2 aromatic carbocycles. The summed E-state index contributed by atoms with van der Waals surface area (Å²) in [6, 6.07) is 17.5. The fraction of sp³-hybridized carbons (Fsp3) is 0.125. The quantitative estimate of drug-likeness (QED) is 0.257. The van der Waals surface area contributed by atoms with Crippen LogP contribution in [0.3, 0.4) is 0 Å². The highest BCUT2D eigenvalue weighted by molar-refractivity contribution is 7.18. The van der Waals surface area contributed by atoms with Crippen molar-refractivity contribution in [2.45, 2.75) is 0 Å². The average Bonchev–Trinajstić information content (AvgIpc) is 3.27. The molecule has 0 saturated carbocycles. The van der Waals surface area contributed by atoms with Crippen molar-refractivity contribution in [1.82, 2.24) is 4.98 Å². The number of carbonyl (C=O) groups is 2. The minimum Gasteiger partial charge on any atom is -0.493 e. The van der Waals surface area contributed by atoms with Crippen LogP contribution in [0.25, 0.3) is 22.2 Å². The van der Waals surface area contributed by atoms with Crippen molar-refractivity contribution in [3.8, 4) is 22.8 Å². The van der Waals surface area contributed by atoms with Gasteiger partial charge in [0.15, 0.2) is 18.1 Å². The predicted molar refractivity (Wildman–Crippen MR) is 124 cm³/mol. The third kappa shape index (κ3) is 4.44. The van der Waals surface area contributed by atoms with Crippen molar-refractivity contribution >= 4 is 45.6 Å². The summed E-state index contributed by atoms with van der Waals surface area (Å²) in [6.45, 7) is -0.377. The number of Topliss-reactive ketones (excluding diaryl/α,β-unsaturated/α-hetero) is 1. The van der Waals surface area contributed by atoms with E-state index in [-0.39, 0.29) is 12.4 Å². The number of ketones is 1. The van der Waals surface area contributed by atoms with E-state index in [1.165, 1.54) is 0 Å². The van der Waals surface area contributed by atoms with E-state index in [9.17, 15) is 9.59 Å². The van der Waals surface area contributed by atoms with Gasteiger partial charge in [-0.15, -0.1) is 11.3 Å². The number of carbonyl (C=O) groups excluding carboxylic acids is 2. The van der Waals surface area contributed by atoms with Gasteiger partial charge in [-0.3, -0.25) is 4.79 Å². The monoisotopic (exact) mass is 467 g/mol. The van der Waals surface area contributed by atoms with E-state index in [1.54, 1.807) is 50.6 Å². The van der Waals surface area contributed by atoms with Crippen molar-refractivity contribution < 1.29 is 23.8 Å². The van der Waals surface area contributed by atoms with Gasteiger partial charge in [-0.2, -0.15) is 0 Å². The highest BCUT2D eigenvalue weighted by Crippen LogP contribution is 2.33. The van der Waals surface area contributed by atoms with Crippen LogP contribution in [0, 0.1) is 0 Å². The molecule has 0 spiro atoms. The molecule has 2 aromatic heterocycles. The van der Waals surface area contributed by atoms with Crippen molar-refractivity contribution in [1.29, 1.82) is 0 Å². The number of methoxy groups -OCH3 is 2. The first-order valence-electron chi connectivity index (χ1n) is 9.58. The maximum atomic E-state index is 12.9. The fourth-order valence-electron chi connectivity index (χ4n) is 3.23. The second-order valence-electron chi connectivity index (χ2n) is 6.75. The van der Waals surface area contributed by atoms with Crippen molar-refractivity contribution in [3.05, 3.63) is 75.4 Å². The summed E-state index contributed by atoms with van der Waals surface area (Å²) in [6.07, 6.45) is 0. The molecule has 0 atom stereocenters. The largest absolute Gasteiger partial charge is 0.493 e. The fourth-order valence-corrected chi connectivity index (χ4v) is 4.20. The third-order valence-electron chi connectivity index (χ3n) is 4.80.